The van der Waals surface area contributed by atoms with Crippen molar-refractivity contribution in [1.82, 2.24) is 15.0 Å². The number of rotatable bonds is 3. The van der Waals surface area contributed by atoms with Gasteiger partial charge < -0.3 is 9.63 Å². The maximum Gasteiger partial charge on any atom is 0.257 e. The number of pyridine rings is 1. The molecule has 118 valence electrons. The standard InChI is InChI=1S/C17H16BrN3O2/c1-11-15-5-12(7-19-16(15)23-20-11)8-21-9-17(22,10-21)13-3-2-4-14(18)6-13/h2-7,22H,8-10H2,1H3. The number of hydrogen-bond acceptors (Lipinski definition) is 5. The molecule has 5 nitrogen and oxygen atoms in total. The molecule has 0 bridgehead atoms. The molecule has 1 aliphatic heterocycles. The van der Waals surface area contributed by atoms with E-state index >= 15 is 0 Å². The van der Waals surface area contributed by atoms with Gasteiger partial charge in [-0.3, -0.25) is 4.90 Å². The van der Waals surface area contributed by atoms with Crippen molar-refractivity contribution in [2.45, 2.75) is 19.1 Å². The fourth-order valence-corrected chi connectivity index (χ4v) is 3.50. The summed E-state index contributed by atoms with van der Waals surface area (Å²) in [5.74, 6) is 0. The molecule has 1 N–H and O–H groups in total. The number of fused-ring (bicyclic) bond motifs is 1. The summed E-state index contributed by atoms with van der Waals surface area (Å²) in [5.41, 5.74) is 2.70. The lowest BCUT2D eigenvalue weighted by Crippen LogP contribution is -2.58. The zero-order chi connectivity index (χ0) is 16.0. The Morgan fingerprint density at radius 2 is 2.17 bits per heavy atom. The summed E-state index contributed by atoms with van der Waals surface area (Å²) in [6.45, 7) is 3.89. The van der Waals surface area contributed by atoms with E-state index in [1.54, 1.807) is 0 Å². The Morgan fingerprint density at radius 3 is 2.96 bits per heavy atom. The van der Waals surface area contributed by atoms with Crippen molar-refractivity contribution in [2.24, 2.45) is 0 Å². The molecule has 3 heterocycles. The van der Waals surface area contributed by atoms with Gasteiger partial charge >= 0.3 is 0 Å². The molecular formula is C17H16BrN3O2. The number of aryl methyl sites for hydroxylation is 1. The lowest BCUT2D eigenvalue weighted by atomic mass is 9.86. The van der Waals surface area contributed by atoms with Crippen molar-refractivity contribution < 1.29 is 9.63 Å². The van der Waals surface area contributed by atoms with E-state index in [1.165, 1.54) is 0 Å². The van der Waals surface area contributed by atoms with Crippen LogP contribution >= 0.6 is 15.9 Å². The molecule has 6 heteroatoms. The molecule has 3 aromatic rings. The van der Waals surface area contributed by atoms with Crippen molar-refractivity contribution in [3.63, 3.8) is 0 Å². The van der Waals surface area contributed by atoms with E-state index in [0.29, 0.717) is 18.8 Å². The van der Waals surface area contributed by atoms with E-state index in [9.17, 15) is 5.11 Å². The number of hydrogen-bond donors (Lipinski definition) is 1. The average molecular weight is 374 g/mol. The number of halogens is 1. The first-order valence-electron chi connectivity index (χ1n) is 7.45. The number of β-amino-alcohol motifs (C(OH)–C–C–N with tert-alkyl or cyclic N) is 1. The van der Waals surface area contributed by atoms with Gasteiger partial charge in [-0.25, -0.2) is 4.98 Å². The smallest absolute Gasteiger partial charge is 0.257 e. The Labute approximate surface area is 142 Å². The first kappa shape index (κ1) is 14.8. The van der Waals surface area contributed by atoms with Gasteiger partial charge in [-0.2, -0.15) is 0 Å². The molecule has 0 saturated carbocycles. The van der Waals surface area contributed by atoms with E-state index in [2.05, 4.69) is 37.0 Å². The lowest BCUT2D eigenvalue weighted by molar-refractivity contribution is -0.108. The van der Waals surface area contributed by atoms with Crippen LogP contribution in [0.3, 0.4) is 0 Å². The molecule has 0 unspecified atom stereocenters. The molecule has 0 aliphatic carbocycles. The third-order valence-electron chi connectivity index (χ3n) is 4.31. The third-order valence-corrected chi connectivity index (χ3v) is 4.80. The predicted octanol–water partition coefficient (Wildman–Crippen LogP) is 3.00. The molecule has 0 radical (unpaired) electrons. The Balaban J connectivity index is 1.48. The van der Waals surface area contributed by atoms with Crippen LogP contribution in [-0.2, 0) is 12.1 Å². The van der Waals surface area contributed by atoms with Crippen LogP contribution < -0.4 is 0 Å². The second-order valence-electron chi connectivity index (χ2n) is 6.15. The molecule has 2 aromatic heterocycles. The van der Waals surface area contributed by atoms with Gasteiger partial charge in [-0.15, -0.1) is 0 Å². The molecular weight excluding hydrogens is 358 g/mol. The number of nitrogens with zero attached hydrogens (tertiary/aromatic N) is 3. The summed E-state index contributed by atoms with van der Waals surface area (Å²) in [4.78, 5) is 6.50. The number of aliphatic hydroxyl groups is 1. The Hall–Kier alpha value is -1.76. The lowest BCUT2D eigenvalue weighted by Gasteiger charge is -2.47. The SMILES string of the molecule is Cc1noc2ncc(CN3CC(O)(c4cccc(Br)c4)C3)cc12. The van der Waals surface area contributed by atoms with Gasteiger partial charge in [0, 0.05) is 30.3 Å². The predicted molar refractivity (Wildman–Crippen MR) is 89.9 cm³/mol. The van der Waals surface area contributed by atoms with Gasteiger partial charge in [-0.1, -0.05) is 33.2 Å². The topological polar surface area (TPSA) is 62.4 Å². The van der Waals surface area contributed by atoms with Crippen LogP contribution in [0, 0.1) is 6.92 Å². The maximum atomic E-state index is 10.7. The Morgan fingerprint density at radius 1 is 1.35 bits per heavy atom. The molecule has 0 spiro atoms. The number of aromatic nitrogens is 2. The minimum absolute atomic E-state index is 0.570. The van der Waals surface area contributed by atoms with Crippen LogP contribution in [0.25, 0.3) is 11.1 Å². The van der Waals surface area contributed by atoms with Gasteiger partial charge in [0.2, 0.25) is 0 Å². The second kappa shape index (κ2) is 5.40. The molecule has 1 aliphatic rings. The van der Waals surface area contributed by atoms with E-state index in [1.807, 2.05) is 37.4 Å². The highest BCUT2D eigenvalue weighted by Gasteiger charge is 2.42. The zero-order valence-corrected chi connectivity index (χ0v) is 14.2. The summed E-state index contributed by atoms with van der Waals surface area (Å²) in [6.07, 6.45) is 1.81. The molecule has 1 saturated heterocycles. The van der Waals surface area contributed by atoms with E-state index in [4.69, 9.17) is 4.52 Å². The summed E-state index contributed by atoms with van der Waals surface area (Å²) in [7, 11) is 0. The highest BCUT2D eigenvalue weighted by atomic mass is 79.9. The fraction of sp³-hybridized carbons (Fsp3) is 0.294. The highest BCUT2D eigenvalue weighted by molar-refractivity contribution is 9.10. The molecule has 1 aromatic carbocycles. The average Bonchev–Trinajstić information content (AvgIpc) is 2.87. The Bertz CT molecular complexity index is 871. The van der Waals surface area contributed by atoms with Gasteiger partial charge in [0.05, 0.1) is 11.1 Å². The quantitative estimate of drug-likeness (QED) is 0.764. The van der Waals surface area contributed by atoms with E-state index in [-0.39, 0.29) is 0 Å². The van der Waals surface area contributed by atoms with Gasteiger partial charge in [0.15, 0.2) is 0 Å². The third kappa shape index (κ3) is 2.67. The number of benzene rings is 1. The zero-order valence-electron chi connectivity index (χ0n) is 12.7. The van der Waals surface area contributed by atoms with Crippen molar-refractivity contribution >= 4 is 27.0 Å². The first-order chi connectivity index (χ1) is 11.0. The largest absolute Gasteiger partial charge is 0.382 e. The second-order valence-corrected chi connectivity index (χ2v) is 7.07. The van der Waals surface area contributed by atoms with Crippen LogP contribution in [0.4, 0.5) is 0 Å². The summed E-state index contributed by atoms with van der Waals surface area (Å²) < 4.78 is 6.12. The van der Waals surface area contributed by atoms with Crippen LogP contribution in [0.5, 0.6) is 0 Å². The highest BCUT2D eigenvalue weighted by Crippen LogP contribution is 2.34. The molecule has 1 fully saturated rings. The Kier molecular flexibility index (Phi) is 3.48. The van der Waals surface area contributed by atoms with Crippen LogP contribution in [0.2, 0.25) is 0 Å². The van der Waals surface area contributed by atoms with Gasteiger partial charge in [-0.05, 0) is 36.2 Å². The molecule has 0 amide bonds. The van der Waals surface area contributed by atoms with Crippen molar-refractivity contribution in [3.8, 4) is 0 Å². The van der Waals surface area contributed by atoms with E-state index < -0.39 is 5.60 Å². The fourth-order valence-electron chi connectivity index (χ4n) is 3.10. The molecule has 23 heavy (non-hydrogen) atoms. The van der Waals surface area contributed by atoms with Crippen LogP contribution in [0.15, 0.2) is 45.5 Å². The minimum Gasteiger partial charge on any atom is -0.382 e. The molecule has 4 rings (SSSR count). The van der Waals surface area contributed by atoms with Crippen molar-refractivity contribution in [2.75, 3.05) is 13.1 Å². The monoisotopic (exact) mass is 373 g/mol. The first-order valence-corrected chi connectivity index (χ1v) is 8.24. The number of likely N-dealkylation sites (tertiary alicyclic amines) is 1. The van der Waals surface area contributed by atoms with Gasteiger partial charge in [0.25, 0.3) is 5.71 Å². The van der Waals surface area contributed by atoms with Gasteiger partial charge in [0.1, 0.15) is 5.60 Å². The summed E-state index contributed by atoms with van der Waals surface area (Å²) in [5, 5.41) is 15.6. The van der Waals surface area contributed by atoms with Crippen LogP contribution in [0.1, 0.15) is 16.8 Å². The minimum atomic E-state index is -0.769. The van der Waals surface area contributed by atoms with Crippen molar-refractivity contribution in [3.05, 3.63) is 57.8 Å². The molecule has 0 atom stereocenters. The van der Waals surface area contributed by atoms with Crippen molar-refractivity contribution in [1.29, 1.82) is 0 Å². The summed E-state index contributed by atoms with van der Waals surface area (Å²) >= 11 is 3.45. The normalized spacial score (nSPS) is 17.3. The maximum absolute atomic E-state index is 10.7. The van der Waals surface area contributed by atoms with Crippen LogP contribution in [-0.4, -0.2) is 33.2 Å². The van der Waals surface area contributed by atoms with E-state index in [0.717, 1.165) is 33.2 Å². The summed E-state index contributed by atoms with van der Waals surface area (Å²) in [6, 6.07) is 9.92.